The van der Waals surface area contributed by atoms with E-state index in [2.05, 4.69) is 48.9 Å². The molecule has 0 bridgehead atoms. The molecule has 0 radical (unpaired) electrons. The third-order valence-corrected chi connectivity index (χ3v) is 3.98. The van der Waals surface area contributed by atoms with Crippen molar-refractivity contribution in [2.45, 2.75) is 39.2 Å². The van der Waals surface area contributed by atoms with Crippen molar-refractivity contribution >= 4 is 0 Å². The molecule has 1 aromatic heterocycles. The number of nitrogens with zero attached hydrogens (tertiary/aromatic N) is 1. The summed E-state index contributed by atoms with van der Waals surface area (Å²) in [7, 11) is 0. The Morgan fingerprint density at radius 3 is 2.89 bits per heavy atom. The molecule has 0 aliphatic heterocycles. The molecule has 1 aromatic carbocycles. The fourth-order valence-corrected chi connectivity index (χ4v) is 2.93. The minimum Gasteiger partial charge on any atom is -0.324 e. The Morgan fingerprint density at radius 1 is 1.22 bits per heavy atom. The standard InChI is InChI=1S/C16H20N2/c1-11-6-7-12(2)16(10-11)18-9-8-13-14(17)4-3-5-15(13)18/h6-10,14H,3-5,17H2,1-2H3. The van der Waals surface area contributed by atoms with Gasteiger partial charge >= 0.3 is 0 Å². The van der Waals surface area contributed by atoms with Crippen LogP contribution in [0, 0.1) is 13.8 Å². The van der Waals surface area contributed by atoms with Gasteiger partial charge in [0.25, 0.3) is 0 Å². The summed E-state index contributed by atoms with van der Waals surface area (Å²) in [6.45, 7) is 4.31. The van der Waals surface area contributed by atoms with Crippen LogP contribution in [0.15, 0.2) is 30.5 Å². The first-order valence-corrected chi connectivity index (χ1v) is 6.70. The number of benzene rings is 1. The summed E-state index contributed by atoms with van der Waals surface area (Å²) in [5, 5.41) is 0. The number of nitrogens with two attached hydrogens (primary N) is 1. The van der Waals surface area contributed by atoms with Gasteiger partial charge in [-0.15, -0.1) is 0 Å². The number of hydrogen-bond donors (Lipinski definition) is 1. The molecule has 0 fully saturated rings. The molecule has 3 rings (SSSR count). The predicted octanol–water partition coefficient (Wildman–Crippen LogP) is 3.43. The Kier molecular flexibility index (Phi) is 2.75. The van der Waals surface area contributed by atoms with Gasteiger partial charge in [-0.05, 0) is 61.9 Å². The van der Waals surface area contributed by atoms with Crippen LogP contribution in [-0.2, 0) is 6.42 Å². The lowest BCUT2D eigenvalue weighted by atomic mass is 9.93. The molecule has 1 aliphatic carbocycles. The lowest BCUT2D eigenvalue weighted by molar-refractivity contribution is 0.560. The highest BCUT2D eigenvalue weighted by Crippen LogP contribution is 2.31. The van der Waals surface area contributed by atoms with Crippen molar-refractivity contribution in [2.75, 3.05) is 0 Å². The summed E-state index contributed by atoms with van der Waals surface area (Å²) in [6.07, 6.45) is 5.63. The zero-order valence-corrected chi connectivity index (χ0v) is 11.1. The van der Waals surface area contributed by atoms with Crippen molar-refractivity contribution in [3.63, 3.8) is 0 Å². The van der Waals surface area contributed by atoms with Crippen LogP contribution in [0.4, 0.5) is 0 Å². The van der Waals surface area contributed by atoms with E-state index in [1.807, 2.05) is 0 Å². The molecule has 2 nitrogen and oxygen atoms in total. The van der Waals surface area contributed by atoms with Gasteiger partial charge < -0.3 is 10.3 Å². The summed E-state index contributed by atoms with van der Waals surface area (Å²) in [5.41, 5.74) is 12.9. The van der Waals surface area contributed by atoms with Gasteiger partial charge in [0, 0.05) is 23.6 Å². The lowest BCUT2D eigenvalue weighted by Crippen LogP contribution is -2.18. The van der Waals surface area contributed by atoms with E-state index in [1.165, 1.54) is 34.5 Å². The summed E-state index contributed by atoms with van der Waals surface area (Å²) >= 11 is 0. The van der Waals surface area contributed by atoms with E-state index < -0.39 is 0 Å². The summed E-state index contributed by atoms with van der Waals surface area (Å²) in [4.78, 5) is 0. The number of fused-ring (bicyclic) bond motifs is 1. The van der Waals surface area contributed by atoms with Crippen molar-refractivity contribution in [3.05, 3.63) is 52.8 Å². The van der Waals surface area contributed by atoms with E-state index in [4.69, 9.17) is 5.73 Å². The first-order valence-electron chi connectivity index (χ1n) is 6.70. The molecule has 0 saturated heterocycles. The van der Waals surface area contributed by atoms with Crippen LogP contribution in [-0.4, -0.2) is 4.57 Å². The lowest BCUT2D eigenvalue weighted by Gasteiger charge is -2.21. The molecule has 2 aromatic rings. The van der Waals surface area contributed by atoms with Crippen molar-refractivity contribution in [1.82, 2.24) is 4.57 Å². The van der Waals surface area contributed by atoms with Crippen LogP contribution in [0.3, 0.4) is 0 Å². The average molecular weight is 240 g/mol. The fraction of sp³-hybridized carbons (Fsp3) is 0.375. The Morgan fingerprint density at radius 2 is 2.06 bits per heavy atom. The van der Waals surface area contributed by atoms with Crippen LogP contribution < -0.4 is 5.73 Å². The third-order valence-electron chi connectivity index (χ3n) is 3.98. The molecule has 0 saturated carbocycles. The Hall–Kier alpha value is -1.54. The maximum absolute atomic E-state index is 6.19. The summed E-state index contributed by atoms with van der Waals surface area (Å²) < 4.78 is 2.33. The van der Waals surface area contributed by atoms with E-state index in [-0.39, 0.29) is 6.04 Å². The van der Waals surface area contributed by atoms with Crippen LogP contribution in [0.5, 0.6) is 0 Å². The van der Waals surface area contributed by atoms with E-state index in [0.717, 1.165) is 12.8 Å². The third kappa shape index (κ3) is 1.77. The molecule has 1 heterocycles. The molecule has 94 valence electrons. The SMILES string of the molecule is Cc1ccc(C)c(-n2ccc3c2CCCC3N)c1. The second-order valence-electron chi connectivity index (χ2n) is 5.38. The molecule has 0 spiro atoms. The van der Waals surface area contributed by atoms with Gasteiger partial charge in [0.2, 0.25) is 0 Å². The van der Waals surface area contributed by atoms with Crippen molar-refractivity contribution < 1.29 is 0 Å². The largest absolute Gasteiger partial charge is 0.324 e. The first-order chi connectivity index (χ1) is 8.66. The predicted molar refractivity (Wildman–Crippen MR) is 75.1 cm³/mol. The Balaban J connectivity index is 2.15. The zero-order chi connectivity index (χ0) is 12.7. The van der Waals surface area contributed by atoms with Gasteiger partial charge in [0.15, 0.2) is 0 Å². The normalized spacial score (nSPS) is 18.7. The van der Waals surface area contributed by atoms with Gasteiger partial charge in [0.05, 0.1) is 0 Å². The molecule has 0 amide bonds. The maximum atomic E-state index is 6.19. The molecule has 2 N–H and O–H groups in total. The van der Waals surface area contributed by atoms with Crippen LogP contribution in [0.2, 0.25) is 0 Å². The van der Waals surface area contributed by atoms with Crippen molar-refractivity contribution in [2.24, 2.45) is 5.73 Å². The van der Waals surface area contributed by atoms with Crippen molar-refractivity contribution in [1.29, 1.82) is 0 Å². The fourth-order valence-electron chi connectivity index (χ4n) is 2.93. The summed E-state index contributed by atoms with van der Waals surface area (Å²) in [5.74, 6) is 0. The van der Waals surface area contributed by atoms with E-state index in [9.17, 15) is 0 Å². The highest BCUT2D eigenvalue weighted by Gasteiger charge is 2.21. The van der Waals surface area contributed by atoms with Gasteiger partial charge in [-0.1, -0.05) is 12.1 Å². The van der Waals surface area contributed by atoms with Gasteiger partial charge in [0.1, 0.15) is 0 Å². The Bertz CT molecular complexity index is 581. The maximum Gasteiger partial charge on any atom is 0.0484 e. The first kappa shape index (κ1) is 11.5. The molecule has 1 atom stereocenters. The van der Waals surface area contributed by atoms with Crippen LogP contribution in [0.1, 0.15) is 41.3 Å². The number of aromatic nitrogens is 1. The Labute approximate surface area is 108 Å². The quantitative estimate of drug-likeness (QED) is 0.813. The zero-order valence-electron chi connectivity index (χ0n) is 11.1. The van der Waals surface area contributed by atoms with Gasteiger partial charge in [-0.3, -0.25) is 0 Å². The highest BCUT2D eigenvalue weighted by molar-refractivity contribution is 5.47. The molecule has 18 heavy (non-hydrogen) atoms. The van der Waals surface area contributed by atoms with E-state index in [1.54, 1.807) is 0 Å². The topological polar surface area (TPSA) is 30.9 Å². The highest BCUT2D eigenvalue weighted by atomic mass is 15.0. The monoisotopic (exact) mass is 240 g/mol. The van der Waals surface area contributed by atoms with E-state index >= 15 is 0 Å². The molecular weight excluding hydrogens is 220 g/mol. The molecule has 1 aliphatic rings. The average Bonchev–Trinajstić information content (AvgIpc) is 2.77. The number of rotatable bonds is 1. The summed E-state index contributed by atoms with van der Waals surface area (Å²) in [6, 6.07) is 9.04. The number of aryl methyl sites for hydroxylation is 2. The van der Waals surface area contributed by atoms with E-state index in [0.29, 0.717) is 0 Å². The van der Waals surface area contributed by atoms with Crippen LogP contribution in [0.25, 0.3) is 5.69 Å². The smallest absolute Gasteiger partial charge is 0.0484 e. The number of hydrogen-bond acceptors (Lipinski definition) is 1. The molecule has 1 unspecified atom stereocenters. The van der Waals surface area contributed by atoms with Crippen molar-refractivity contribution in [3.8, 4) is 5.69 Å². The molecular formula is C16H20N2. The minimum atomic E-state index is 0.222. The second-order valence-corrected chi connectivity index (χ2v) is 5.38. The van der Waals surface area contributed by atoms with Crippen LogP contribution >= 0.6 is 0 Å². The second kappa shape index (κ2) is 4.29. The molecule has 2 heteroatoms. The minimum absolute atomic E-state index is 0.222. The van der Waals surface area contributed by atoms with Gasteiger partial charge in [-0.25, -0.2) is 0 Å². The van der Waals surface area contributed by atoms with Gasteiger partial charge in [-0.2, -0.15) is 0 Å².